The number of likely N-dealkylation sites (tertiary alicyclic amines) is 1. The van der Waals surface area contributed by atoms with Crippen molar-refractivity contribution in [3.63, 3.8) is 0 Å². The van der Waals surface area contributed by atoms with E-state index < -0.39 is 0 Å². The number of benzene rings is 1. The molecule has 0 spiro atoms. The average molecular weight is 325 g/mol. The SMILES string of the molecule is CC(=O)Nc1cccc(Nc2ncc(C(=O)N3CCCC3)cn2)c1. The highest BCUT2D eigenvalue weighted by atomic mass is 16.2. The maximum absolute atomic E-state index is 12.2. The van der Waals surface area contributed by atoms with Crippen molar-refractivity contribution >= 4 is 29.1 Å². The van der Waals surface area contributed by atoms with E-state index in [1.807, 2.05) is 17.0 Å². The zero-order chi connectivity index (χ0) is 16.9. The van der Waals surface area contributed by atoms with Crippen LogP contribution in [-0.4, -0.2) is 39.8 Å². The maximum atomic E-state index is 12.2. The molecule has 0 bridgehead atoms. The lowest BCUT2D eigenvalue weighted by Gasteiger charge is -2.14. The van der Waals surface area contributed by atoms with E-state index in [4.69, 9.17) is 0 Å². The van der Waals surface area contributed by atoms with Crippen LogP contribution in [0.3, 0.4) is 0 Å². The minimum atomic E-state index is -0.131. The third-order valence-electron chi connectivity index (χ3n) is 3.73. The molecule has 1 aliphatic rings. The summed E-state index contributed by atoms with van der Waals surface area (Å²) >= 11 is 0. The second kappa shape index (κ2) is 7.08. The van der Waals surface area contributed by atoms with E-state index in [0.29, 0.717) is 17.2 Å². The molecule has 2 N–H and O–H groups in total. The van der Waals surface area contributed by atoms with Crippen molar-refractivity contribution in [2.45, 2.75) is 19.8 Å². The molecular weight excluding hydrogens is 306 g/mol. The van der Waals surface area contributed by atoms with Gasteiger partial charge in [0.25, 0.3) is 5.91 Å². The fraction of sp³-hybridized carbons (Fsp3) is 0.294. The number of rotatable bonds is 4. The Balaban J connectivity index is 1.67. The first-order valence-electron chi connectivity index (χ1n) is 7.88. The number of aromatic nitrogens is 2. The highest BCUT2D eigenvalue weighted by Crippen LogP contribution is 2.18. The van der Waals surface area contributed by atoms with Crippen molar-refractivity contribution in [3.8, 4) is 0 Å². The van der Waals surface area contributed by atoms with Gasteiger partial charge in [-0.15, -0.1) is 0 Å². The topological polar surface area (TPSA) is 87.2 Å². The fourth-order valence-electron chi connectivity index (χ4n) is 2.61. The summed E-state index contributed by atoms with van der Waals surface area (Å²) < 4.78 is 0. The van der Waals surface area contributed by atoms with Gasteiger partial charge in [-0.3, -0.25) is 9.59 Å². The van der Waals surface area contributed by atoms with Crippen molar-refractivity contribution < 1.29 is 9.59 Å². The summed E-state index contributed by atoms with van der Waals surface area (Å²) in [5, 5.41) is 5.77. The molecule has 7 nitrogen and oxygen atoms in total. The molecule has 1 fully saturated rings. The van der Waals surface area contributed by atoms with Gasteiger partial charge < -0.3 is 15.5 Å². The molecule has 0 radical (unpaired) electrons. The monoisotopic (exact) mass is 325 g/mol. The average Bonchev–Trinajstić information content (AvgIpc) is 3.09. The highest BCUT2D eigenvalue weighted by molar-refractivity contribution is 5.94. The maximum Gasteiger partial charge on any atom is 0.256 e. The normalized spacial score (nSPS) is 13.6. The molecule has 0 unspecified atom stereocenters. The van der Waals surface area contributed by atoms with Gasteiger partial charge in [-0.2, -0.15) is 0 Å². The fourth-order valence-corrected chi connectivity index (χ4v) is 2.61. The Morgan fingerprint density at radius 3 is 2.42 bits per heavy atom. The number of nitrogens with one attached hydrogen (secondary N) is 2. The van der Waals surface area contributed by atoms with Crippen LogP contribution in [0.2, 0.25) is 0 Å². The van der Waals surface area contributed by atoms with Crippen molar-refractivity contribution in [2.75, 3.05) is 23.7 Å². The van der Waals surface area contributed by atoms with Crippen molar-refractivity contribution in [3.05, 3.63) is 42.2 Å². The molecule has 1 aliphatic heterocycles. The van der Waals surface area contributed by atoms with Crippen molar-refractivity contribution in [1.82, 2.24) is 14.9 Å². The number of carbonyl (C=O) groups excluding carboxylic acids is 2. The van der Waals surface area contributed by atoms with Crippen molar-refractivity contribution in [1.29, 1.82) is 0 Å². The molecule has 7 heteroatoms. The van der Waals surface area contributed by atoms with Gasteiger partial charge in [-0.25, -0.2) is 9.97 Å². The molecule has 0 atom stereocenters. The minimum Gasteiger partial charge on any atom is -0.339 e. The predicted octanol–water partition coefficient (Wildman–Crippen LogP) is 2.41. The van der Waals surface area contributed by atoms with Gasteiger partial charge in [0.15, 0.2) is 0 Å². The molecular formula is C17H19N5O2. The number of hydrogen-bond acceptors (Lipinski definition) is 5. The first kappa shape index (κ1) is 15.9. The van der Waals surface area contributed by atoms with Crippen LogP contribution in [0.25, 0.3) is 0 Å². The van der Waals surface area contributed by atoms with E-state index in [2.05, 4.69) is 20.6 Å². The van der Waals surface area contributed by atoms with Crippen LogP contribution in [0.1, 0.15) is 30.1 Å². The van der Waals surface area contributed by atoms with Gasteiger partial charge in [0.05, 0.1) is 5.56 Å². The molecule has 1 saturated heterocycles. The van der Waals surface area contributed by atoms with Crippen molar-refractivity contribution in [2.24, 2.45) is 0 Å². The number of carbonyl (C=O) groups is 2. The standard InChI is InChI=1S/C17H19N5O2/c1-12(23)20-14-5-4-6-15(9-14)21-17-18-10-13(11-19-17)16(24)22-7-2-3-8-22/h4-6,9-11H,2-3,7-8H2,1H3,(H,20,23)(H,18,19,21). The lowest BCUT2D eigenvalue weighted by molar-refractivity contribution is -0.114. The Kier molecular flexibility index (Phi) is 4.69. The molecule has 1 aromatic heterocycles. The van der Waals surface area contributed by atoms with Crippen LogP contribution in [0.4, 0.5) is 17.3 Å². The molecule has 124 valence electrons. The summed E-state index contributed by atoms with van der Waals surface area (Å²) in [6, 6.07) is 7.25. The van der Waals surface area contributed by atoms with E-state index >= 15 is 0 Å². The first-order valence-corrected chi connectivity index (χ1v) is 7.88. The zero-order valence-corrected chi connectivity index (χ0v) is 13.5. The van der Waals surface area contributed by atoms with E-state index in [1.165, 1.54) is 19.3 Å². The lowest BCUT2D eigenvalue weighted by atomic mass is 10.2. The third kappa shape index (κ3) is 3.87. The first-order chi connectivity index (χ1) is 11.6. The Morgan fingerprint density at radius 2 is 1.75 bits per heavy atom. The van der Waals surface area contributed by atoms with Crippen LogP contribution in [0.15, 0.2) is 36.7 Å². The molecule has 0 aliphatic carbocycles. The summed E-state index contributed by atoms with van der Waals surface area (Å²) in [6.45, 7) is 3.06. The number of anilines is 3. The van der Waals surface area contributed by atoms with E-state index in [0.717, 1.165) is 31.6 Å². The second-order valence-electron chi connectivity index (χ2n) is 5.68. The van der Waals surface area contributed by atoms with E-state index in [9.17, 15) is 9.59 Å². The Bertz CT molecular complexity index is 739. The summed E-state index contributed by atoms with van der Waals surface area (Å²) in [4.78, 5) is 33.6. The lowest BCUT2D eigenvalue weighted by Crippen LogP contribution is -2.27. The zero-order valence-electron chi connectivity index (χ0n) is 13.5. The summed E-state index contributed by atoms with van der Waals surface area (Å²) in [5.74, 6) is 0.243. The summed E-state index contributed by atoms with van der Waals surface area (Å²) in [6.07, 6.45) is 5.18. The molecule has 3 rings (SSSR count). The molecule has 2 amide bonds. The number of amides is 2. The van der Waals surface area contributed by atoms with E-state index in [-0.39, 0.29) is 11.8 Å². The molecule has 24 heavy (non-hydrogen) atoms. The van der Waals surface area contributed by atoms with Crippen LogP contribution >= 0.6 is 0 Å². The minimum absolute atomic E-state index is 0.0216. The number of hydrogen-bond donors (Lipinski definition) is 2. The van der Waals surface area contributed by atoms with Gasteiger partial charge in [-0.1, -0.05) is 6.07 Å². The molecule has 2 heterocycles. The second-order valence-corrected chi connectivity index (χ2v) is 5.68. The Labute approximate surface area is 140 Å². The summed E-state index contributed by atoms with van der Waals surface area (Å²) in [5.41, 5.74) is 1.93. The van der Waals surface area contributed by atoms with Gasteiger partial charge >= 0.3 is 0 Å². The predicted molar refractivity (Wildman–Crippen MR) is 91.2 cm³/mol. The van der Waals surface area contributed by atoms with Crippen LogP contribution in [-0.2, 0) is 4.79 Å². The molecule has 2 aromatic rings. The van der Waals surface area contributed by atoms with Gasteiger partial charge in [-0.05, 0) is 31.0 Å². The van der Waals surface area contributed by atoms with Gasteiger partial charge in [0.1, 0.15) is 0 Å². The largest absolute Gasteiger partial charge is 0.339 e. The Morgan fingerprint density at radius 1 is 1.08 bits per heavy atom. The van der Waals surface area contributed by atoms with Crippen LogP contribution in [0, 0.1) is 0 Å². The molecule has 0 saturated carbocycles. The van der Waals surface area contributed by atoms with Crippen LogP contribution in [0.5, 0.6) is 0 Å². The van der Waals surface area contributed by atoms with Gasteiger partial charge in [0.2, 0.25) is 11.9 Å². The third-order valence-corrected chi connectivity index (χ3v) is 3.73. The quantitative estimate of drug-likeness (QED) is 0.901. The highest BCUT2D eigenvalue weighted by Gasteiger charge is 2.19. The smallest absolute Gasteiger partial charge is 0.256 e. The van der Waals surface area contributed by atoms with Crippen LogP contribution < -0.4 is 10.6 Å². The Hall–Kier alpha value is -2.96. The van der Waals surface area contributed by atoms with E-state index in [1.54, 1.807) is 12.1 Å². The summed E-state index contributed by atoms with van der Waals surface area (Å²) in [7, 11) is 0. The number of nitrogens with zero attached hydrogens (tertiary/aromatic N) is 3. The molecule has 1 aromatic carbocycles. The van der Waals surface area contributed by atoms with Gasteiger partial charge in [0, 0.05) is 43.8 Å².